The third kappa shape index (κ3) is 3.20. The lowest BCUT2D eigenvalue weighted by Crippen LogP contribution is -2.43. The van der Waals surface area contributed by atoms with Gasteiger partial charge in [-0.25, -0.2) is 14.5 Å². The number of carbonyl (C=O) groups excluding carboxylic acids is 2. The number of ether oxygens (including phenoxy) is 1. The fraction of sp³-hybridized carbons (Fsp3) is 0.385. The summed E-state index contributed by atoms with van der Waals surface area (Å²) in [6.45, 7) is 1.09. The van der Waals surface area contributed by atoms with E-state index in [0.29, 0.717) is 18.1 Å². The Morgan fingerprint density at radius 1 is 1.55 bits per heavy atom. The van der Waals surface area contributed by atoms with Crippen molar-refractivity contribution in [1.29, 1.82) is 0 Å². The lowest BCUT2D eigenvalue weighted by molar-refractivity contribution is 0.102. The van der Waals surface area contributed by atoms with Gasteiger partial charge in [-0.2, -0.15) is 0 Å². The highest BCUT2D eigenvalue weighted by Crippen LogP contribution is 2.24. The van der Waals surface area contributed by atoms with Gasteiger partial charge >= 0.3 is 12.1 Å². The van der Waals surface area contributed by atoms with E-state index in [1.807, 2.05) is 18.2 Å². The summed E-state index contributed by atoms with van der Waals surface area (Å²) < 4.78 is 5.34. The molecule has 1 aliphatic rings. The van der Waals surface area contributed by atoms with E-state index >= 15 is 0 Å². The second-order valence-corrected chi connectivity index (χ2v) is 4.72. The van der Waals surface area contributed by atoms with E-state index in [9.17, 15) is 9.59 Å². The summed E-state index contributed by atoms with van der Waals surface area (Å²) in [6.07, 6.45) is -0.363. The average molecular weight is 298 g/mol. The summed E-state index contributed by atoms with van der Waals surface area (Å²) in [4.78, 5) is 24.3. The Morgan fingerprint density at radius 3 is 2.90 bits per heavy atom. The molecule has 0 radical (unpaired) electrons. The number of methoxy groups -OCH3 is 1. The van der Waals surface area contributed by atoms with Crippen LogP contribution in [0.3, 0.4) is 0 Å². The summed E-state index contributed by atoms with van der Waals surface area (Å²) in [5, 5.41) is 5.82. The molecule has 1 fully saturated rings. The molecule has 0 aromatic heterocycles. The molecule has 1 heterocycles. The number of nitrogens with one attached hydrogen (secondary N) is 2. The second kappa shape index (κ2) is 6.58. The number of hydrogen-bond donors (Lipinski definition) is 2. The molecule has 7 heteroatoms. The van der Waals surface area contributed by atoms with Crippen molar-refractivity contribution in [1.82, 2.24) is 15.5 Å². The van der Waals surface area contributed by atoms with Crippen LogP contribution in [-0.2, 0) is 4.74 Å². The molecule has 108 valence electrons. The van der Waals surface area contributed by atoms with Crippen molar-refractivity contribution < 1.29 is 14.3 Å². The number of nitrogens with zero attached hydrogens (tertiary/aromatic N) is 1. The van der Waals surface area contributed by atoms with Crippen molar-refractivity contribution in [2.75, 3.05) is 26.7 Å². The molecule has 2 N–H and O–H groups in total. The number of amides is 4. The number of benzene rings is 1. The smallest absolute Gasteiger partial charge is 0.325 e. The molecule has 6 nitrogen and oxygen atoms in total. The number of hydrogen-bond acceptors (Lipinski definition) is 3. The zero-order valence-electron chi connectivity index (χ0n) is 11.1. The fourth-order valence-corrected chi connectivity index (χ4v) is 2.25. The van der Waals surface area contributed by atoms with Crippen molar-refractivity contribution >= 4 is 23.7 Å². The van der Waals surface area contributed by atoms with Crippen LogP contribution in [0.25, 0.3) is 0 Å². The van der Waals surface area contributed by atoms with Crippen LogP contribution in [0.1, 0.15) is 11.7 Å². The molecule has 4 amide bonds. The largest absolute Gasteiger partial charge is 0.375 e. The first kappa shape index (κ1) is 14.6. The first-order chi connectivity index (χ1) is 9.63. The van der Waals surface area contributed by atoms with Gasteiger partial charge in [0.2, 0.25) is 0 Å². The Bertz CT molecular complexity index is 509. The topological polar surface area (TPSA) is 70.7 Å². The number of urea groups is 2. The molecule has 0 saturated carbocycles. The fourth-order valence-electron chi connectivity index (χ4n) is 2.00. The van der Waals surface area contributed by atoms with Gasteiger partial charge in [0.1, 0.15) is 6.10 Å². The van der Waals surface area contributed by atoms with Crippen molar-refractivity contribution in [3.05, 3.63) is 34.9 Å². The van der Waals surface area contributed by atoms with Crippen LogP contribution in [0.2, 0.25) is 5.02 Å². The maximum atomic E-state index is 11.9. The molecule has 0 bridgehead atoms. The molecule has 1 aromatic rings. The molecule has 1 saturated heterocycles. The maximum absolute atomic E-state index is 11.9. The van der Waals surface area contributed by atoms with Gasteiger partial charge in [-0.1, -0.05) is 29.8 Å². The van der Waals surface area contributed by atoms with Gasteiger partial charge in [-0.05, 0) is 6.07 Å². The molecule has 1 unspecified atom stereocenters. The van der Waals surface area contributed by atoms with Crippen LogP contribution in [0.15, 0.2) is 24.3 Å². The predicted molar refractivity (Wildman–Crippen MR) is 74.7 cm³/mol. The third-order valence-electron chi connectivity index (χ3n) is 3.08. The van der Waals surface area contributed by atoms with Crippen molar-refractivity contribution in [3.63, 3.8) is 0 Å². The zero-order valence-corrected chi connectivity index (χ0v) is 11.8. The summed E-state index contributed by atoms with van der Waals surface area (Å²) in [5.74, 6) is 0. The highest BCUT2D eigenvalue weighted by molar-refractivity contribution is 6.31. The Balaban J connectivity index is 1.96. The van der Waals surface area contributed by atoms with Gasteiger partial charge < -0.3 is 15.4 Å². The van der Waals surface area contributed by atoms with Gasteiger partial charge in [0.05, 0.1) is 0 Å². The third-order valence-corrected chi connectivity index (χ3v) is 3.42. The van der Waals surface area contributed by atoms with Crippen LogP contribution in [0.5, 0.6) is 0 Å². The highest BCUT2D eigenvalue weighted by atomic mass is 35.5. The number of halogens is 1. The Kier molecular flexibility index (Phi) is 4.81. The number of rotatable bonds is 4. The second-order valence-electron chi connectivity index (χ2n) is 4.32. The maximum Gasteiger partial charge on any atom is 0.325 e. The monoisotopic (exact) mass is 297 g/mol. The molecule has 1 aromatic carbocycles. The van der Waals surface area contributed by atoms with Crippen LogP contribution >= 0.6 is 11.6 Å². The van der Waals surface area contributed by atoms with E-state index in [1.165, 1.54) is 0 Å². The SMILES string of the molecule is COC(CNC(=O)N1CCNC1=O)c1ccccc1Cl. The minimum atomic E-state index is -0.436. The quantitative estimate of drug-likeness (QED) is 0.889. The number of carbonyl (C=O) groups is 2. The minimum absolute atomic E-state index is 0.239. The van der Waals surface area contributed by atoms with Crippen LogP contribution in [0.4, 0.5) is 9.59 Å². The van der Waals surface area contributed by atoms with Gasteiger partial charge in [-0.3, -0.25) is 0 Å². The minimum Gasteiger partial charge on any atom is -0.375 e. The average Bonchev–Trinajstić information content (AvgIpc) is 2.87. The highest BCUT2D eigenvalue weighted by Gasteiger charge is 2.26. The van der Waals surface area contributed by atoms with E-state index in [4.69, 9.17) is 16.3 Å². The molecule has 2 rings (SSSR count). The standard InChI is InChI=1S/C13H16ClN3O3/c1-20-11(9-4-2-3-5-10(9)14)8-16-13(19)17-7-6-15-12(17)18/h2-5,11H,6-8H2,1H3,(H,15,18)(H,16,19). The van der Waals surface area contributed by atoms with Gasteiger partial charge in [0.25, 0.3) is 0 Å². The van der Waals surface area contributed by atoms with E-state index in [1.54, 1.807) is 13.2 Å². The van der Waals surface area contributed by atoms with Crippen molar-refractivity contribution in [3.8, 4) is 0 Å². The van der Waals surface area contributed by atoms with Crippen LogP contribution in [0, 0.1) is 0 Å². The van der Waals surface area contributed by atoms with Gasteiger partial charge in [-0.15, -0.1) is 0 Å². The normalized spacial score (nSPS) is 15.9. The Hall–Kier alpha value is -1.79. The molecule has 1 atom stereocenters. The zero-order chi connectivity index (χ0) is 14.5. The lowest BCUT2D eigenvalue weighted by Gasteiger charge is -2.19. The lowest BCUT2D eigenvalue weighted by atomic mass is 10.1. The molecule has 0 aliphatic carbocycles. The molecular weight excluding hydrogens is 282 g/mol. The van der Waals surface area contributed by atoms with Crippen molar-refractivity contribution in [2.45, 2.75) is 6.10 Å². The predicted octanol–water partition coefficient (Wildman–Crippen LogP) is 1.76. The van der Waals surface area contributed by atoms with Gasteiger partial charge in [0.15, 0.2) is 0 Å². The Labute approximate surface area is 122 Å². The Morgan fingerprint density at radius 2 is 2.30 bits per heavy atom. The molecule has 0 spiro atoms. The first-order valence-electron chi connectivity index (χ1n) is 6.24. The summed E-state index contributed by atoms with van der Waals surface area (Å²) in [7, 11) is 1.54. The van der Waals surface area contributed by atoms with Crippen molar-refractivity contribution in [2.24, 2.45) is 0 Å². The van der Waals surface area contributed by atoms with E-state index in [0.717, 1.165) is 10.5 Å². The van der Waals surface area contributed by atoms with E-state index in [-0.39, 0.29) is 18.7 Å². The van der Waals surface area contributed by atoms with E-state index in [2.05, 4.69) is 10.6 Å². The molecule has 1 aliphatic heterocycles. The molecular formula is C13H16ClN3O3. The van der Waals surface area contributed by atoms with Crippen LogP contribution in [-0.4, -0.2) is 43.7 Å². The number of imide groups is 1. The first-order valence-corrected chi connectivity index (χ1v) is 6.61. The summed E-state index contributed by atoms with van der Waals surface area (Å²) in [6, 6.07) is 6.46. The summed E-state index contributed by atoms with van der Waals surface area (Å²) in [5.41, 5.74) is 0.794. The molecule has 20 heavy (non-hydrogen) atoms. The van der Waals surface area contributed by atoms with Crippen LogP contribution < -0.4 is 10.6 Å². The van der Waals surface area contributed by atoms with Gasteiger partial charge in [0, 0.05) is 37.3 Å². The summed E-state index contributed by atoms with van der Waals surface area (Å²) >= 11 is 6.10. The van der Waals surface area contributed by atoms with E-state index < -0.39 is 6.03 Å².